The molecule has 0 unspecified atom stereocenters. The van der Waals surface area contributed by atoms with Gasteiger partial charge >= 0.3 is 0 Å². The van der Waals surface area contributed by atoms with Crippen LogP contribution in [0.3, 0.4) is 0 Å². The maximum absolute atomic E-state index is 12.9. The summed E-state index contributed by atoms with van der Waals surface area (Å²) in [6, 6.07) is 5.71. The summed E-state index contributed by atoms with van der Waals surface area (Å²) in [5.74, 6) is -0.381. The zero-order valence-electron chi connectivity index (χ0n) is 11.3. The first-order chi connectivity index (χ1) is 9.65. The molecule has 104 valence electrons. The van der Waals surface area contributed by atoms with Gasteiger partial charge in [0.25, 0.3) is 5.91 Å². The molecule has 20 heavy (non-hydrogen) atoms. The molecule has 2 heterocycles. The van der Waals surface area contributed by atoms with Crippen molar-refractivity contribution in [3.63, 3.8) is 0 Å². The van der Waals surface area contributed by atoms with Gasteiger partial charge in [0.15, 0.2) is 0 Å². The third-order valence-corrected chi connectivity index (χ3v) is 3.73. The molecule has 0 bridgehead atoms. The van der Waals surface area contributed by atoms with Crippen molar-refractivity contribution in [1.29, 1.82) is 0 Å². The summed E-state index contributed by atoms with van der Waals surface area (Å²) in [5.41, 5.74) is 2.82. The number of rotatable bonds is 1. The van der Waals surface area contributed by atoms with E-state index in [1.165, 1.54) is 30.0 Å². The summed E-state index contributed by atoms with van der Waals surface area (Å²) in [6.45, 7) is 1.28. The van der Waals surface area contributed by atoms with Crippen LogP contribution in [0.1, 0.15) is 28.0 Å². The largest absolute Gasteiger partial charge is 0.334 e. The molecule has 3 rings (SSSR count). The molecular weight excluding hydrogens is 257 g/mol. The van der Waals surface area contributed by atoms with E-state index in [0.717, 1.165) is 18.4 Å². The Bertz CT molecular complexity index is 633. The van der Waals surface area contributed by atoms with Crippen LogP contribution in [0.15, 0.2) is 30.5 Å². The topological polar surface area (TPSA) is 38.1 Å². The first-order valence-electron chi connectivity index (χ1n) is 6.70. The maximum Gasteiger partial charge on any atom is 0.254 e. The number of hydrogen-bond acceptors (Lipinski definition) is 2. The van der Waals surface area contributed by atoms with Crippen LogP contribution in [0.25, 0.3) is 0 Å². The number of fused-ring (bicyclic) bond motifs is 1. The summed E-state index contributed by atoms with van der Waals surface area (Å²) >= 11 is 0. The van der Waals surface area contributed by atoms with Crippen molar-refractivity contribution in [1.82, 2.24) is 14.7 Å². The molecule has 0 radical (unpaired) electrons. The maximum atomic E-state index is 12.9. The van der Waals surface area contributed by atoms with Crippen molar-refractivity contribution in [2.24, 2.45) is 7.05 Å². The summed E-state index contributed by atoms with van der Waals surface area (Å²) < 4.78 is 14.8. The molecule has 0 saturated carbocycles. The lowest BCUT2D eigenvalue weighted by Crippen LogP contribution is -2.30. The minimum Gasteiger partial charge on any atom is -0.334 e. The lowest BCUT2D eigenvalue weighted by atomic mass is 10.2. The van der Waals surface area contributed by atoms with Gasteiger partial charge in [-0.3, -0.25) is 9.48 Å². The molecule has 0 N–H and O–H groups in total. The number of aromatic nitrogens is 2. The fraction of sp³-hybridized carbons (Fsp3) is 0.333. The van der Waals surface area contributed by atoms with E-state index in [2.05, 4.69) is 5.10 Å². The highest BCUT2D eigenvalue weighted by Gasteiger charge is 2.22. The zero-order valence-corrected chi connectivity index (χ0v) is 11.3. The number of nitrogens with zero attached hydrogens (tertiary/aromatic N) is 3. The standard InChI is InChI=1S/C15H16FN3O/c1-18-14-3-2-8-19(10-12(14)9-17-18)15(20)11-4-6-13(16)7-5-11/h4-7,9H,2-3,8,10H2,1H3. The van der Waals surface area contributed by atoms with Gasteiger partial charge in [0, 0.05) is 37.0 Å². The Kier molecular flexibility index (Phi) is 3.26. The summed E-state index contributed by atoms with van der Waals surface area (Å²) in [6.07, 6.45) is 3.67. The third-order valence-electron chi connectivity index (χ3n) is 3.73. The van der Waals surface area contributed by atoms with E-state index in [1.54, 1.807) is 4.90 Å². The second kappa shape index (κ2) is 5.07. The monoisotopic (exact) mass is 273 g/mol. The molecular formula is C15H16FN3O. The van der Waals surface area contributed by atoms with Gasteiger partial charge in [-0.1, -0.05) is 0 Å². The molecule has 1 amide bonds. The van der Waals surface area contributed by atoms with E-state index in [9.17, 15) is 9.18 Å². The van der Waals surface area contributed by atoms with Crippen LogP contribution in [0.2, 0.25) is 0 Å². The average molecular weight is 273 g/mol. The minimum absolute atomic E-state index is 0.0540. The molecule has 0 atom stereocenters. The molecule has 1 aliphatic heterocycles. The lowest BCUT2D eigenvalue weighted by molar-refractivity contribution is 0.0746. The van der Waals surface area contributed by atoms with Crippen LogP contribution in [-0.4, -0.2) is 27.1 Å². The molecule has 1 aliphatic rings. The second-order valence-corrected chi connectivity index (χ2v) is 5.08. The minimum atomic E-state index is -0.327. The van der Waals surface area contributed by atoms with Crippen molar-refractivity contribution in [2.75, 3.05) is 6.54 Å². The molecule has 0 aliphatic carbocycles. The van der Waals surface area contributed by atoms with Gasteiger partial charge in [-0.15, -0.1) is 0 Å². The molecule has 1 aromatic carbocycles. The average Bonchev–Trinajstić information content (AvgIpc) is 2.68. The Morgan fingerprint density at radius 2 is 2.05 bits per heavy atom. The number of benzene rings is 1. The number of halogens is 1. The quantitative estimate of drug-likeness (QED) is 0.798. The Balaban J connectivity index is 1.84. The van der Waals surface area contributed by atoms with Crippen LogP contribution in [0, 0.1) is 5.82 Å². The molecule has 0 saturated heterocycles. The van der Waals surface area contributed by atoms with Crippen LogP contribution in [0.5, 0.6) is 0 Å². The second-order valence-electron chi connectivity index (χ2n) is 5.08. The van der Waals surface area contributed by atoms with Crippen LogP contribution < -0.4 is 0 Å². The van der Waals surface area contributed by atoms with E-state index < -0.39 is 0 Å². The predicted molar refractivity (Wildman–Crippen MR) is 72.7 cm³/mol. The first-order valence-corrected chi connectivity index (χ1v) is 6.70. The number of amides is 1. The summed E-state index contributed by atoms with van der Waals surface area (Å²) in [4.78, 5) is 14.3. The number of hydrogen-bond donors (Lipinski definition) is 0. The van der Waals surface area contributed by atoms with E-state index in [-0.39, 0.29) is 11.7 Å². The van der Waals surface area contributed by atoms with Crippen molar-refractivity contribution in [3.05, 3.63) is 53.1 Å². The molecule has 4 nitrogen and oxygen atoms in total. The van der Waals surface area contributed by atoms with E-state index >= 15 is 0 Å². The zero-order chi connectivity index (χ0) is 14.1. The van der Waals surface area contributed by atoms with E-state index in [1.807, 2.05) is 17.9 Å². The van der Waals surface area contributed by atoms with E-state index in [0.29, 0.717) is 18.7 Å². The Morgan fingerprint density at radius 3 is 2.80 bits per heavy atom. The summed E-state index contributed by atoms with van der Waals surface area (Å²) in [5, 5.41) is 4.25. The van der Waals surface area contributed by atoms with Gasteiger partial charge < -0.3 is 4.90 Å². The highest BCUT2D eigenvalue weighted by atomic mass is 19.1. The van der Waals surface area contributed by atoms with Crippen LogP contribution in [0.4, 0.5) is 4.39 Å². The Hall–Kier alpha value is -2.17. The Morgan fingerprint density at radius 1 is 1.30 bits per heavy atom. The molecule has 2 aromatic rings. The van der Waals surface area contributed by atoms with Crippen LogP contribution in [-0.2, 0) is 20.0 Å². The van der Waals surface area contributed by atoms with E-state index in [4.69, 9.17) is 0 Å². The summed E-state index contributed by atoms with van der Waals surface area (Å²) in [7, 11) is 1.93. The van der Waals surface area contributed by atoms with Gasteiger partial charge in [-0.05, 0) is 37.1 Å². The predicted octanol–water partition coefficient (Wildman–Crippen LogP) is 2.15. The molecule has 0 fully saturated rings. The van der Waals surface area contributed by atoms with Gasteiger partial charge in [-0.25, -0.2) is 4.39 Å². The SMILES string of the molecule is Cn1ncc2c1CCCN(C(=O)c1ccc(F)cc1)C2. The fourth-order valence-electron chi connectivity index (χ4n) is 2.63. The Labute approximate surface area is 116 Å². The van der Waals surface area contributed by atoms with Crippen molar-refractivity contribution in [3.8, 4) is 0 Å². The highest BCUT2D eigenvalue weighted by molar-refractivity contribution is 5.94. The first kappa shape index (κ1) is 12.8. The van der Waals surface area contributed by atoms with Crippen molar-refractivity contribution in [2.45, 2.75) is 19.4 Å². The molecule has 0 spiro atoms. The molecule has 1 aromatic heterocycles. The molecule has 5 heteroatoms. The van der Waals surface area contributed by atoms with Crippen molar-refractivity contribution < 1.29 is 9.18 Å². The van der Waals surface area contributed by atoms with Crippen LogP contribution >= 0.6 is 0 Å². The number of carbonyl (C=O) groups excluding carboxylic acids is 1. The fourth-order valence-corrected chi connectivity index (χ4v) is 2.63. The van der Waals surface area contributed by atoms with Gasteiger partial charge in [-0.2, -0.15) is 5.10 Å². The van der Waals surface area contributed by atoms with Gasteiger partial charge in [0.2, 0.25) is 0 Å². The van der Waals surface area contributed by atoms with Crippen molar-refractivity contribution >= 4 is 5.91 Å². The normalized spacial score (nSPS) is 14.8. The van der Waals surface area contributed by atoms with Gasteiger partial charge in [0.1, 0.15) is 5.82 Å². The lowest BCUT2D eigenvalue weighted by Gasteiger charge is -2.20. The number of aryl methyl sites for hydroxylation is 1. The highest BCUT2D eigenvalue weighted by Crippen LogP contribution is 2.19. The third kappa shape index (κ3) is 2.31. The number of carbonyl (C=O) groups is 1. The smallest absolute Gasteiger partial charge is 0.254 e. The van der Waals surface area contributed by atoms with Gasteiger partial charge in [0.05, 0.1) is 6.20 Å².